The van der Waals surface area contributed by atoms with Crippen LogP contribution in [0.3, 0.4) is 0 Å². The second kappa shape index (κ2) is 7.64. The number of benzene rings is 2. The zero-order valence-corrected chi connectivity index (χ0v) is 14.1. The number of nitrogens with zero attached hydrogens (tertiary/aromatic N) is 2. The zero-order valence-electron chi connectivity index (χ0n) is 14.1. The number of hydrogen-bond acceptors (Lipinski definition) is 7. The first kappa shape index (κ1) is 17.4. The van der Waals surface area contributed by atoms with Crippen molar-refractivity contribution in [1.29, 1.82) is 0 Å². The Hall–Kier alpha value is -3.42. The van der Waals surface area contributed by atoms with Crippen molar-refractivity contribution in [2.75, 3.05) is 14.2 Å². The highest BCUT2D eigenvalue weighted by molar-refractivity contribution is 5.90. The summed E-state index contributed by atoms with van der Waals surface area (Å²) in [5, 5.41) is 3.78. The van der Waals surface area contributed by atoms with Gasteiger partial charge in [-0.2, -0.15) is 4.98 Å². The van der Waals surface area contributed by atoms with Crippen molar-refractivity contribution in [3.63, 3.8) is 0 Å². The quantitative estimate of drug-likeness (QED) is 0.625. The predicted molar refractivity (Wildman–Crippen MR) is 88.4 cm³/mol. The summed E-state index contributed by atoms with van der Waals surface area (Å²) in [7, 11) is 2.98. The number of halogens is 1. The highest BCUT2D eigenvalue weighted by Gasteiger charge is 2.15. The van der Waals surface area contributed by atoms with Crippen molar-refractivity contribution in [1.82, 2.24) is 10.1 Å². The summed E-state index contributed by atoms with van der Waals surface area (Å²) in [4.78, 5) is 16.3. The van der Waals surface area contributed by atoms with Crippen LogP contribution in [0.15, 0.2) is 47.0 Å². The zero-order chi connectivity index (χ0) is 18.5. The van der Waals surface area contributed by atoms with E-state index in [9.17, 15) is 9.18 Å². The number of hydrogen-bond donors (Lipinski definition) is 0. The minimum atomic E-state index is -0.576. The molecule has 0 saturated heterocycles. The molecule has 0 atom stereocenters. The summed E-state index contributed by atoms with van der Waals surface area (Å²) in [6.45, 7) is -0.193. The Morgan fingerprint density at radius 3 is 2.50 bits per heavy atom. The molecule has 0 aliphatic heterocycles. The van der Waals surface area contributed by atoms with Crippen LogP contribution < -0.4 is 9.47 Å². The van der Waals surface area contributed by atoms with Gasteiger partial charge in [0.15, 0.2) is 18.1 Å². The molecule has 3 rings (SSSR count). The molecule has 0 aliphatic carbocycles. The molecule has 1 heterocycles. The SMILES string of the molecule is COc1ccc(C(=O)OCc2nc(-c3ccc(F)cc3)no2)cc1OC. The number of esters is 1. The molecule has 2 aromatic carbocycles. The summed E-state index contributed by atoms with van der Waals surface area (Å²) in [6.07, 6.45) is 0. The molecule has 0 radical (unpaired) electrons. The summed E-state index contributed by atoms with van der Waals surface area (Å²) in [6, 6.07) is 10.3. The fourth-order valence-corrected chi connectivity index (χ4v) is 2.20. The first-order valence-electron chi connectivity index (χ1n) is 7.58. The second-order valence-corrected chi connectivity index (χ2v) is 5.16. The minimum Gasteiger partial charge on any atom is -0.493 e. The maximum absolute atomic E-state index is 12.9. The highest BCUT2D eigenvalue weighted by atomic mass is 19.1. The molecule has 0 bridgehead atoms. The van der Waals surface area contributed by atoms with Crippen LogP contribution in [0, 0.1) is 5.82 Å². The Bertz CT molecular complexity index is 908. The molecule has 0 saturated carbocycles. The Labute approximate surface area is 148 Å². The largest absolute Gasteiger partial charge is 0.493 e. The molecule has 0 aliphatic rings. The van der Waals surface area contributed by atoms with Gasteiger partial charge < -0.3 is 18.7 Å². The van der Waals surface area contributed by atoms with E-state index in [1.807, 2.05) is 0 Å². The van der Waals surface area contributed by atoms with E-state index in [1.54, 1.807) is 12.1 Å². The van der Waals surface area contributed by atoms with Crippen LogP contribution in [0.4, 0.5) is 4.39 Å². The molecular weight excluding hydrogens is 343 g/mol. The normalized spacial score (nSPS) is 10.4. The Balaban J connectivity index is 1.66. The first-order valence-corrected chi connectivity index (χ1v) is 7.58. The molecular formula is C18H15FN2O5. The molecule has 7 nitrogen and oxygen atoms in total. The molecule has 8 heteroatoms. The number of methoxy groups -OCH3 is 2. The minimum absolute atomic E-state index is 0.123. The summed E-state index contributed by atoms with van der Waals surface area (Å²) in [5.41, 5.74) is 0.883. The molecule has 26 heavy (non-hydrogen) atoms. The van der Waals surface area contributed by atoms with Crippen LogP contribution in [-0.4, -0.2) is 30.3 Å². The molecule has 0 amide bonds. The van der Waals surface area contributed by atoms with Gasteiger partial charge in [0.05, 0.1) is 19.8 Å². The van der Waals surface area contributed by atoms with Crippen LogP contribution in [-0.2, 0) is 11.3 Å². The standard InChI is InChI=1S/C18H15FN2O5/c1-23-14-8-5-12(9-15(14)24-2)18(22)25-10-16-20-17(21-26-16)11-3-6-13(19)7-4-11/h3-9H,10H2,1-2H3. The average Bonchev–Trinajstić information content (AvgIpc) is 3.15. The summed E-state index contributed by atoms with van der Waals surface area (Å²) >= 11 is 0. The topological polar surface area (TPSA) is 83.7 Å². The third-order valence-corrected chi connectivity index (χ3v) is 3.52. The lowest BCUT2D eigenvalue weighted by molar-refractivity contribution is 0.0429. The van der Waals surface area contributed by atoms with Crippen molar-refractivity contribution < 1.29 is 27.9 Å². The Morgan fingerprint density at radius 2 is 1.81 bits per heavy atom. The molecule has 0 N–H and O–H groups in total. The Morgan fingerprint density at radius 1 is 1.08 bits per heavy atom. The van der Waals surface area contributed by atoms with Crippen LogP contribution >= 0.6 is 0 Å². The third kappa shape index (κ3) is 3.80. The van der Waals surface area contributed by atoms with Crippen LogP contribution in [0.1, 0.15) is 16.2 Å². The summed E-state index contributed by atoms with van der Waals surface area (Å²) in [5.74, 6) is 0.386. The van der Waals surface area contributed by atoms with E-state index in [4.69, 9.17) is 18.7 Å². The maximum atomic E-state index is 12.9. The molecule has 3 aromatic rings. The van der Waals surface area contributed by atoms with Gasteiger partial charge in [0.1, 0.15) is 5.82 Å². The van der Waals surface area contributed by atoms with E-state index >= 15 is 0 Å². The number of carbonyl (C=O) groups excluding carboxylic acids is 1. The van der Waals surface area contributed by atoms with Crippen molar-refractivity contribution in [3.8, 4) is 22.9 Å². The summed E-state index contributed by atoms with van der Waals surface area (Å²) < 4.78 is 33.4. The van der Waals surface area contributed by atoms with E-state index < -0.39 is 5.97 Å². The van der Waals surface area contributed by atoms with E-state index in [2.05, 4.69) is 10.1 Å². The van der Waals surface area contributed by atoms with Crippen LogP contribution in [0.5, 0.6) is 11.5 Å². The Kier molecular flexibility index (Phi) is 5.12. The maximum Gasteiger partial charge on any atom is 0.338 e. The van der Waals surface area contributed by atoms with E-state index in [0.29, 0.717) is 22.6 Å². The predicted octanol–water partition coefficient (Wildman–Crippen LogP) is 3.25. The molecule has 0 fully saturated rings. The fraction of sp³-hybridized carbons (Fsp3) is 0.167. The van der Waals surface area contributed by atoms with Crippen molar-refractivity contribution in [2.45, 2.75) is 6.61 Å². The second-order valence-electron chi connectivity index (χ2n) is 5.16. The highest BCUT2D eigenvalue weighted by Crippen LogP contribution is 2.28. The van der Waals surface area contributed by atoms with Gasteiger partial charge in [0.25, 0.3) is 5.89 Å². The third-order valence-electron chi connectivity index (χ3n) is 3.52. The lowest BCUT2D eigenvalue weighted by atomic mass is 10.2. The van der Waals surface area contributed by atoms with Gasteiger partial charge in [-0.15, -0.1) is 0 Å². The number of carbonyl (C=O) groups is 1. The van der Waals surface area contributed by atoms with Gasteiger partial charge in [0, 0.05) is 5.56 Å². The fourth-order valence-electron chi connectivity index (χ4n) is 2.20. The van der Waals surface area contributed by atoms with Crippen molar-refractivity contribution in [3.05, 3.63) is 59.7 Å². The van der Waals surface area contributed by atoms with Crippen molar-refractivity contribution in [2.24, 2.45) is 0 Å². The molecule has 0 unspecified atom stereocenters. The van der Waals surface area contributed by atoms with Crippen LogP contribution in [0.2, 0.25) is 0 Å². The first-order chi connectivity index (χ1) is 12.6. The molecule has 0 spiro atoms. The molecule has 1 aromatic heterocycles. The van der Waals surface area contributed by atoms with Gasteiger partial charge in [-0.1, -0.05) is 5.16 Å². The van der Waals surface area contributed by atoms with Gasteiger partial charge in [-0.3, -0.25) is 0 Å². The number of ether oxygens (including phenoxy) is 3. The van der Waals surface area contributed by atoms with Gasteiger partial charge >= 0.3 is 5.97 Å². The average molecular weight is 358 g/mol. The van der Waals surface area contributed by atoms with Gasteiger partial charge in [-0.25, -0.2) is 9.18 Å². The lowest BCUT2D eigenvalue weighted by Crippen LogP contribution is -2.06. The van der Waals surface area contributed by atoms with Gasteiger partial charge in [0.2, 0.25) is 5.82 Å². The van der Waals surface area contributed by atoms with E-state index in [1.165, 1.54) is 44.6 Å². The van der Waals surface area contributed by atoms with Gasteiger partial charge in [-0.05, 0) is 42.5 Å². The number of aromatic nitrogens is 2. The monoisotopic (exact) mass is 358 g/mol. The smallest absolute Gasteiger partial charge is 0.338 e. The van der Waals surface area contributed by atoms with Crippen molar-refractivity contribution >= 4 is 5.97 Å². The van der Waals surface area contributed by atoms with Crippen LogP contribution in [0.25, 0.3) is 11.4 Å². The molecule has 134 valence electrons. The number of rotatable bonds is 6. The van der Waals surface area contributed by atoms with E-state index in [-0.39, 0.29) is 24.1 Å². The van der Waals surface area contributed by atoms with E-state index in [0.717, 1.165) is 0 Å². The lowest BCUT2D eigenvalue weighted by Gasteiger charge is -2.08.